The Bertz CT molecular complexity index is 1330. The largest absolute Gasteiger partial charge is 0.588 e. The van der Waals surface area contributed by atoms with E-state index >= 15 is 0 Å². The molecule has 0 aromatic heterocycles. The van der Waals surface area contributed by atoms with Crippen LogP contribution in [0.2, 0.25) is 0 Å². The summed E-state index contributed by atoms with van der Waals surface area (Å²) in [5.41, 5.74) is 0. The molecule has 0 aliphatic carbocycles. The standard InChI is InChI=1S/C5F8O2.C5H4F4O2.C4HF5O3.C2F4.C2HF3O.C2H2F2/c6-1(7)2-14-3(8,4(9,10)11)5(12,13)15-2;1-4(5(7,8)9)10-2-3(6)11-4;5-3(6,7)11-2-1-10-4(8,9)12-2;3-1(4)2(5)6;3-2(4)1-6-5;1-2(3)4/h;2H,1H3;1H;;1H;1H2. The number of hydrogen-bond acceptors (Lipinski definition) is 8. The Morgan fingerprint density at radius 3 is 1.30 bits per heavy atom. The average Bonchev–Trinajstić information content (AvgIpc) is 3.55. The molecule has 34 heteroatoms. The SMILES string of the molecule is C=C(F)F.CC1(C(F)(F)F)OC=C(F)O1.FC(F)(F)OC1=COC(F)(F)O1.FC(F)=C(F)F.FC(F)=C1OC(F)(F)C(F)(C(F)(F)F)O1.FOC=C(F)F. The average molecular weight is 870 g/mol. The van der Waals surface area contributed by atoms with Crippen molar-refractivity contribution in [1.29, 1.82) is 0 Å². The molecule has 8 nitrogen and oxygen atoms in total. The van der Waals surface area contributed by atoms with Gasteiger partial charge in [-0.2, -0.15) is 87.8 Å². The zero-order valence-electron chi connectivity index (χ0n) is 24.0. The van der Waals surface area contributed by atoms with E-state index in [1.807, 2.05) is 0 Å². The molecule has 2 atom stereocenters. The monoisotopic (exact) mass is 870 g/mol. The molecule has 0 spiro atoms. The lowest BCUT2D eigenvalue weighted by atomic mass is 10.3. The summed E-state index contributed by atoms with van der Waals surface area (Å²) < 4.78 is 316. The van der Waals surface area contributed by atoms with Crippen molar-refractivity contribution >= 4 is 0 Å². The van der Waals surface area contributed by atoms with Crippen LogP contribution < -0.4 is 0 Å². The molecule has 0 aromatic rings. The summed E-state index contributed by atoms with van der Waals surface area (Å²) in [6.07, 6.45) is -38.6. The lowest BCUT2D eigenvalue weighted by Gasteiger charge is -2.24. The fraction of sp³-hybridized carbons (Fsp3) is 0.400. The molecule has 318 valence electrons. The van der Waals surface area contributed by atoms with Crippen molar-refractivity contribution in [1.82, 2.24) is 0 Å². The minimum absolute atomic E-state index is 0.0352. The van der Waals surface area contributed by atoms with Crippen molar-refractivity contribution in [2.24, 2.45) is 0 Å². The Kier molecular flexibility index (Phi) is 20.2. The van der Waals surface area contributed by atoms with E-state index in [1.165, 1.54) is 0 Å². The van der Waals surface area contributed by atoms with Crippen LogP contribution in [-0.4, -0.2) is 42.8 Å². The molecule has 0 radical (unpaired) electrons. The molecule has 1 fully saturated rings. The second-order valence-corrected chi connectivity index (χ2v) is 7.47. The normalized spacial score (nSPS) is 21.4. The third kappa shape index (κ3) is 20.3. The fourth-order valence-electron chi connectivity index (χ4n) is 1.68. The van der Waals surface area contributed by atoms with Crippen molar-refractivity contribution in [3.8, 4) is 0 Å². The smallest absolute Gasteiger partial charge is 0.446 e. The van der Waals surface area contributed by atoms with Gasteiger partial charge in [0.05, 0.1) is 0 Å². The van der Waals surface area contributed by atoms with E-state index in [-0.39, 0.29) is 18.8 Å². The molecule has 0 aromatic carbocycles. The third-order valence-electron chi connectivity index (χ3n) is 3.54. The second kappa shape index (κ2) is 20.5. The molecule has 0 saturated carbocycles. The van der Waals surface area contributed by atoms with Gasteiger partial charge < -0.3 is 33.2 Å². The zero-order valence-corrected chi connectivity index (χ0v) is 24.0. The zero-order chi connectivity index (χ0) is 43.9. The van der Waals surface area contributed by atoms with E-state index in [0.717, 1.165) is 0 Å². The summed E-state index contributed by atoms with van der Waals surface area (Å²) in [4.78, 5) is 2.39. The van der Waals surface area contributed by atoms with Crippen LogP contribution >= 0.6 is 0 Å². The van der Waals surface area contributed by atoms with E-state index in [9.17, 15) is 114 Å². The van der Waals surface area contributed by atoms with Gasteiger partial charge in [0.25, 0.3) is 6.08 Å². The quantitative estimate of drug-likeness (QED) is 0.201. The van der Waals surface area contributed by atoms with Crippen LogP contribution in [0.3, 0.4) is 0 Å². The predicted octanol–water partition coefficient (Wildman–Crippen LogP) is 11.9. The highest BCUT2D eigenvalue weighted by Gasteiger charge is 2.81. The van der Waals surface area contributed by atoms with Gasteiger partial charge in [0.1, 0.15) is 0 Å². The first kappa shape index (κ1) is 53.4. The molecular formula is C20H8F26O8. The second-order valence-electron chi connectivity index (χ2n) is 7.47. The molecule has 0 N–H and O–H groups in total. The maximum Gasteiger partial charge on any atom is 0.588 e. The molecule has 3 aliphatic rings. The van der Waals surface area contributed by atoms with Crippen molar-refractivity contribution < 1.29 is 152 Å². The minimum Gasteiger partial charge on any atom is -0.446 e. The van der Waals surface area contributed by atoms with Crippen molar-refractivity contribution in [3.63, 3.8) is 0 Å². The minimum atomic E-state index is -6.21. The Balaban J connectivity index is -0.000000609. The molecule has 1 saturated heterocycles. The lowest BCUT2D eigenvalue weighted by Crippen LogP contribution is -2.53. The summed E-state index contributed by atoms with van der Waals surface area (Å²) in [7, 11) is 0. The van der Waals surface area contributed by atoms with Crippen LogP contribution in [0.25, 0.3) is 0 Å². The number of halogens is 26. The highest BCUT2D eigenvalue weighted by Crippen LogP contribution is 2.54. The van der Waals surface area contributed by atoms with Crippen molar-refractivity contribution in [2.75, 3.05) is 0 Å². The Morgan fingerprint density at radius 1 is 0.685 bits per heavy atom. The summed E-state index contributed by atoms with van der Waals surface area (Å²) in [6.45, 7) is 2.82. The van der Waals surface area contributed by atoms with Gasteiger partial charge in [0.15, 0.2) is 12.5 Å². The highest BCUT2D eigenvalue weighted by molar-refractivity contribution is 5.01. The van der Waals surface area contributed by atoms with Gasteiger partial charge in [0.2, 0.25) is 6.26 Å². The lowest BCUT2D eigenvalue weighted by molar-refractivity contribution is -0.393. The van der Waals surface area contributed by atoms with Crippen LogP contribution in [0.5, 0.6) is 0 Å². The molecule has 0 bridgehead atoms. The van der Waals surface area contributed by atoms with Crippen LogP contribution in [0.4, 0.5) is 114 Å². The first-order valence-electron chi connectivity index (χ1n) is 11.0. The van der Waals surface area contributed by atoms with Crippen LogP contribution in [0.1, 0.15) is 6.92 Å². The van der Waals surface area contributed by atoms with E-state index in [2.05, 4.69) is 44.7 Å². The molecule has 3 rings (SSSR count). The molecule has 0 amide bonds. The summed E-state index contributed by atoms with van der Waals surface area (Å²) >= 11 is 0. The van der Waals surface area contributed by atoms with Crippen molar-refractivity contribution in [3.05, 3.63) is 73.7 Å². The van der Waals surface area contributed by atoms with Gasteiger partial charge in [0, 0.05) is 11.4 Å². The van der Waals surface area contributed by atoms with E-state index in [4.69, 9.17) is 0 Å². The topological polar surface area (TPSA) is 73.8 Å². The maximum atomic E-state index is 12.6. The van der Waals surface area contributed by atoms with Gasteiger partial charge in [-0.05, 0) is 6.58 Å². The van der Waals surface area contributed by atoms with Gasteiger partial charge >= 0.3 is 85.0 Å². The third-order valence-corrected chi connectivity index (χ3v) is 3.54. The van der Waals surface area contributed by atoms with Gasteiger partial charge in [-0.1, -0.05) is 0 Å². The molecule has 3 aliphatic heterocycles. The predicted molar refractivity (Wildman–Crippen MR) is 110 cm³/mol. The Labute approximate surface area is 277 Å². The number of alkyl halides is 14. The summed E-state index contributed by atoms with van der Waals surface area (Å²) in [5, 5.41) is 0. The van der Waals surface area contributed by atoms with Crippen molar-refractivity contribution in [2.45, 2.75) is 49.7 Å². The maximum absolute atomic E-state index is 12.6. The van der Waals surface area contributed by atoms with Crippen LogP contribution in [-0.2, 0) is 38.1 Å². The Hall–Kier alpha value is -4.98. The summed E-state index contributed by atoms with van der Waals surface area (Å²) in [6, 6.07) is -1.37. The molecular weight excluding hydrogens is 862 g/mol. The van der Waals surface area contributed by atoms with Crippen LogP contribution in [0.15, 0.2) is 73.7 Å². The van der Waals surface area contributed by atoms with Gasteiger partial charge in [-0.15, -0.1) is 22.0 Å². The first-order valence-corrected chi connectivity index (χ1v) is 11.0. The van der Waals surface area contributed by atoms with Crippen LogP contribution in [0, 0.1) is 0 Å². The number of ether oxygens (including phenoxy) is 7. The van der Waals surface area contributed by atoms with E-state index in [1.54, 1.807) is 0 Å². The molecule has 54 heavy (non-hydrogen) atoms. The first-order chi connectivity index (χ1) is 23.8. The van der Waals surface area contributed by atoms with Gasteiger partial charge in [-0.3, -0.25) is 4.94 Å². The summed E-state index contributed by atoms with van der Waals surface area (Å²) in [5.74, 6) is -12.4. The highest BCUT2D eigenvalue weighted by atomic mass is 19.4. The van der Waals surface area contributed by atoms with E-state index in [0.29, 0.717) is 6.92 Å². The molecule has 2 unspecified atom stereocenters. The number of rotatable bonds is 2. The molecule has 3 heterocycles. The number of hydrogen-bond donors (Lipinski definition) is 0. The fourth-order valence-corrected chi connectivity index (χ4v) is 1.68. The Morgan fingerprint density at radius 2 is 1.13 bits per heavy atom. The van der Waals surface area contributed by atoms with E-state index < -0.39 is 91.1 Å². The van der Waals surface area contributed by atoms with Gasteiger partial charge in [-0.25, -0.2) is 0 Å².